The highest BCUT2D eigenvalue weighted by atomic mass is 35.5. The number of Topliss-reactive ketones (excluding diaryl/α,β-unsaturated/α-hetero) is 1. The molecule has 0 aliphatic carbocycles. The molecule has 33 heavy (non-hydrogen) atoms. The average Bonchev–Trinajstić information content (AvgIpc) is 3.03. The fourth-order valence-electron chi connectivity index (χ4n) is 4.21. The number of para-hydroxylation sites is 1. The van der Waals surface area contributed by atoms with Crippen molar-refractivity contribution in [2.24, 2.45) is 0 Å². The first-order valence-electron chi connectivity index (χ1n) is 10.4. The Morgan fingerprint density at radius 2 is 1.73 bits per heavy atom. The van der Waals surface area contributed by atoms with Gasteiger partial charge in [-0.05, 0) is 42.0 Å². The van der Waals surface area contributed by atoms with Crippen LogP contribution in [-0.2, 0) is 16.9 Å². The minimum Gasteiger partial charge on any atom is -0.486 e. The van der Waals surface area contributed by atoms with Crippen LogP contribution in [0.5, 0.6) is 11.5 Å². The number of benzene rings is 3. The molecule has 2 aliphatic heterocycles. The number of amides is 1. The molecule has 8 heteroatoms. The van der Waals surface area contributed by atoms with Gasteiger partial charge in [0.1, 0.15) is 13.2 Å². The molecule has 0 aromatic heterocycles. The van der Waals surface area contributed by atoms with E-state index in [1.54, 1.807) is 60.7 Å². The summed E-state index contributed by atoms with van der Waals surface area (Å²) in [6.45, 7) is 1.01. The molecule has 0 bridgehead atoms. The Balaban J connectivity index is 1.45. The summed E-state index contributed by atoms with van der Waals surface area (Å²) in [7, 11) is 0. The number of ketones is 1. The van der Waals surface area contributed by atoms with Gasteiger partial charge in [0.05, 0.1) is 28.7 Å². The highest BCUT2D eigenvalue weighted by Gasteiger charge is 2.50. The highest BCUT2D eigenvalue weighted by molar-refractivity contribution is 6.42. The summed E-state index contributed by atoms with van der Waals surface area (Å²) in [4.78, 5) is 28.1. The fraction of sp³-hybridized carbons (Fsp3) is 0.200. The number of aliphatic hydroxyl groups is 1. The molecule has 0 fully saturated rings. The Labute approximate surface area is 200 Å². The number of nitrogens with zero attached hydrogens (tertiary/aromatic N) is 1. The van der Waals surface area contributed by atoms with Gasteiger partial charge in [0, 0.05) is 11.1 Å². The predicted octanol–water partition coefficient (Wildman–Crippen LogP) is 4.77. The lowest BCUT2D eigenvalue weighted by Gasteiger charge is -2.23. The Morgan fingerprint density at radius 1 is 0.970 bits per heavy atom. The van der Waals surface area contributed by atoms with E-state index in [0.717, 1.165) is 5.56 Å². The van der Waals surface area contributed by atoms with Crippen LogP contribution in [0.4, 0.5) is 5.69 Å². The van der Waals surface area contributed by atoms with Gasteiger partial charge in [-0.15, -0.1) is 0 Å². The summed E-state index contributed by atoms with van der Waals surface area (Å²) < 4.78 is 11.1. The second kappa shape index (κ2) is 8.37. The summed E-state index contributed by atoms with van der Waals surface area (Å²) in [5.74, 6) is 0.0831. The summed E-state index contributed by atoms with van der Waals surface area (Å²) in [5, 5.41) is 12.3. The van der Waals surface area contributed by atoms with Crippen LogP contribution in [0, 0.1) is 0 Å². The molecule has 1 atom stereocenters. The first kappa shape index (κ1) is 21.8. The molecule has 168 valence electrons. The molecule has 3 aromatic carbocycles. The number of carbonyl (C=O) groups is 2. The lowest BCUT2D eigenvalue weighted by atomic mass is 9.88. The quantitative estimate of drug-likeness (QED) is 0.528. The zero-order chi connectivity index (χ0) is 23.2. The third-order valence-corrected chi connectivity index (χ3v) is 6.58. The van der Waals surface area contributed by atoms with E-state index in [0.29, 0.717) is 51.6 Å². The van der Waals surface area contributed by atoms with E-state index >= 15 is 0 Å². The van der Waals surface area contributed by atoms with Crippen molar-refractivity contribution in [1.29, 1.82) is 0 Å². The zero-order valence-corrected chi connectivity index (χ0v) is 18.9. The molecular weight excluding hydrogens is 465 g/mol. The molecular formula is C25H19Cl2NO5. The Hall–Kier alpha value is -3.06. The van der Waals surface area contributed by atoms with Crippen molar-refractivity contribution in [1.82, 2.24) is 0 Å². The van der Waals surface area contributed by atoms with E-state index in [1.807, 2.05) is 0 Å². The van der Waals surface area contributed by atoms with Crippen molar-refractivity contribution in [3.63, 3.8) is 0 Å². The van der Waals surface area contributed by atoms with Gasteiger partial charge in [0.25, 0.3) is 5.91 Å². The van der Waals surface area contributed by atoms with E-state index in [9.17, 15) is 14.7 Å². The maximum atomic E-state index is 13.5. The number of rotatable bonds is 5. The van der Waals surface area contributed by atoms with Crippen LogP contribution >= 0.6 is 23.2 Å². The molecule has 0 saturated carbocycles. The standard InChI is InChI=1S/C25H19Cl2NO5/c26-18-7-5-15(11-19(18)27)14-28-20-4-2-1-3-17(20)25(31,24(28)30)13-21(29)16-6-8-22-23(12-16)33-10-9-32-22/h1-8,11-12,31H,9-10,13-14H2. The van der Waals surface area contributed by atoms with Crippen molar-refractivity contribution in [3.8, 4) is 11.5 Å². The smallest absolute Gasteiger partial charge is 0.264 e. The van der Waals surface area contributed by atoms with Crippen molar-refractivity contribution in [3.05, 3.63) is 87.4 Å². The van der Waals surface area contributed by atoms with Crippen LogP contribution in [0.3, 0.4) is 0 Å². The second-order valence-corrected chi connectivity index (χ2v) is 8.79. The molecule has 5 rings (SSSR count). The van der Waals surface area contributed by atoms with E-state index in [1.165, 1.54) is 4.90 Å². The highest BCUT2D eigenvalue weighted by Crippen LogP contribution is 2.44. The van der Waals surface area contributed by atoms with Crippen molar-refractivity contribution < 1.29 is 24.2 Å². The van der Waals surface area contributed by atoms with Crippen LogP contribution in [0.15, 0.2) is 60.7 Å². The topological polar surface area (TPSA) is 76.1 Å². The number of anilines is 1. The molecule has 3 aromatic rings. The summed E-state index contributed by atoms with van der Waals surface area (Å²) >= 11 is 12.1. The number of carbonyl (C=O) groups excluding carboxylic acids is 2. The molecule has 0 saturated heterocycles. The Kier molecular flexibility index (Phi) is 5.52. The molecule has 1 amide bonds. The third-order valence-electron chi connectivity index (χ3n) is 5.84. The van der Waals surface area contributed by atoms with Crippen molar-refractivity contribution in [2.45, 2.75) is 18.6 Å². The van der Waals surface area contributed by atoms with Crippen LogP contribution < -0.4 is 14.4 Å². The number of hydrogen-bond donors (Lipinski definition) is 1. The Morgan fingerprint density at radius 3 is 2.52 bits per heavy atom. The largest absolute Gasteiger partial charge is 0.486 e. The first-order chi connectivity index (χ1) is 15.9. The van der Waals surface area contributed by atoms with Gasteiger partial charge < -0.3 is 19.5 Å². The van der Waals surface area contributed by atoms with Gasteiger partial charge in [-0.1, -0.05) is 47.5 Å². The van der Waals surface area contributed by atoms with Crippen molar-refractivity contribution in [2.75, 3.05) is 18.1 Å². The van der Waals surface area contributed by atoms with Crippen LogP contribution in [-0.4, -0.2) is 30.0 Å². The van der Waals surface area contributed by atoms with Crippen molar-refractivity contribution >= 4 is 40.6 Å². The molecule has 2 heterocycles. The molecule has 2 aliphatic rings. The van der Waals surface area contributed by atoms with Gasteiger partial charge in [-0.3, -0.25) is 9.59 Å². The SMILES string of the molecule is O=C(CC1(O)C(=O)N(Cc2ccc(Cl)c(Cl)c2)c2ccccc21)c1ccc2c(c1)OCCO2. The molecule has 6 nitrogen and oxygen atoms in total. The summed E-state index contributed by atoms with van der Waals surface area (Å²) in [5.41, 5.74) is 0.0276. The fourth-order valence-corrected chi connectivity index (χ4v) is 4.53. The zero-order valence-electron chi connectivity index (χ0n) is 17.4. The number of halogens is 2. The molecule has 1 unspecified atom stereocenters. The predicted molar refractivity (Wildman–Crippen MR) is 124 cm³/mol. The van der Waals surface area contributed by atoms with Gasteiger partial charge >= 0.3 is 0 Å². The number of fused-ring (bicyclic) bond motifs is 2. The summed E-state index contributed by atoms with van der Waals surface area (Å²) in [6.07, 6.45) is -0.402. The van der Waals surface area contributed by atoms with E-state index in [4.69, 9.17) is 32.7 Å². The van der Waals surface area contributed by atoms with Gasteiger partial charge in [0.15, 0.2) is 22.9 Å². The molecule has 0 spiro atoms. The molecule has 1 N–H and O–H groups in total. The monoisotopic (exact) mass is 483 g/mol. The maximum absolute atomic E-state index is 13.5. The Bertz CT molecular complexity index is 1280. The van der Waals surface area contributed by atoms with E-state index in [2.05, 4.69) is 0 Å². The third kappa shape index (κ3) is 3.84. The van der Waals surface area contributed by atoms with Crippen LogP contribution in [0.2, 0.25) is 10.0 Å². The van der Waals surface area contributed by atoms with Gasteiger partial charge in [-0.25, -0.2) is 0 Å². The minimum atomic E-state index is -1.99. The summed E-state index contributed by atoms with van der Waals surface area (Å²) in [6, 6.07) is 16.9. The van der Waals surface area contributed by atoms with Gasteiger partial charge in [0.2, 0.25) is 0 Å². The minimum absolute atomic E-state index is 0.174. The van der Waals surface area contributed by atoms with Gasteiger partial charge in [-0.2, -0.15) is 0 Å². The lowest BCUT2D eigenvalue weighted by Crippen LogP contribution is -2.41. The second-order valence-electron chi connectivity index (χ2n) is 7.98. The number of ether oxygens (including phenoxy) is 2. The first-order valence-corrected chi connectivity index (χ1v) is 11.1. The maximum Gasteiger partial charge on any atom is 0.264 e. The van der Waals surface area contributed by atoms with Crippen LogP contribution in [0.25, 0.3) is 0 Å². The van der Waals surface area contributed by atoms with E-state index < -0.39 is 17.9 Å². The normalized spacial score (nSPS) is 18.9. The van der Waals surface area contributed by atoms with Crippen LogP contribution in [0.1, 0.15) is 27.9 Å². The molecule has 0 radical (unpaired) electrons. The lowest BCUT2D eigenvalue weighted by molar-refractivity contribution is -0.136. The average molecular weight is 484 g/mol. The van der Waals surface area contributed by atoms with E-state index in [-0.39, 0.29) is 12.3 Å². The number of hydrogen-bond acceptors (Lipinski definition) is 5.